The van der Waals surface area contributed by atoms with Gasteiger partial charge in [-0.15, -0.1) is 0 Å². The molecule has 0 saturated carbocycles. The normalized spacial score (nSPS) is 37.2. The quantitative estimate of drug-likeness (QED) is 0.0423. The fraction of sp³-hybridized carbons (Fsp3) is 0.522. The molecular weight excluding hydrogens is 968 g/mol. The second kappa shape index (κ2) is 22.1. The molecule has 0 spiro atoms. The van der Waals surface area contributed by atoms with Gasteiger partial charge in [0.15, 0.2) is 6.29 Å². The minimum absolute atomic E-state index is 0.0373. The fourth-order valence-electron chi connectivity index (χ4n) is 8.26. The minimum atomic E-state index is -1.91. The lowest BCUT2D eigenvalue weighted by atomic mass is 9.98. The molecule has 394 valence electrons. The number of carbonyl (C=O) groups excluding carboxylic acids is 1. The Morgan fingerprint density at radius 1 is 0.542 bits per heavy atom. The first-order valence-corrected chi connectivity index (χ1v) is 22.5. The van der Waals surface area contributed by atoms with Gasteiger partial charge in [0, 0.05) is 12.1 Å². The number of phenols is 2. The summed E-state index contributed by atoms with van der Waals surface area (Å²) in [6.45, 7) is -0.522. The van der Waals surface area contributed by atoms with Crippen molar-refractivity contribution >= 4 is 16.9 Å². The number of rotatable bonds is 14. The van der Waals surface area contributed by atoms with Crippen LogP contribution in [0.4, 0.5) is 0 Å². The highest BCUT2D eigenvalue weighted by Crippen LogP contribution is 2.42. The Bertz CT molecular complexity index is 2460. The summed E-state index contributed by atoms with van der Waals surface area (Å²) < 4.78 is 56.8. The smallest absolute Gasteiger partial charge is 0.402 e. The number of hydrogen-bond donors (Lipinski definition) is 15. The highest BCUT2D eigenvalue weighted by molar-refractivity contribution is 5.90. The van der Waals surface area contributed by atoms with Crippen LogP contribution >= 0.6 is 0 Å². The van der Waals surface area contributed by atoms with Crippen LogP contribution in [0.15, 0.2) is 71.1 Å². The first-order chi connectivity index (χ1) is 34.2. The average Bonchev–Trinajstić information content (AvgIpc) is 3.37. The zero-order valence-corrected chi connectivity index (χ0v) is 37.7. The second-order valence-corrected chi connectivity index (χ2v) is 17.6. The lowest BCUT2D eigenvalue weighted by molar-refractivity contribution is -0.318. The van der Waals surface area contributed by atoms with Gasteiger partial charge in [-0.1, -0.05) is 0 Å². The Morgan fingerprint density at radius 2 is 1.06 bits per heavy atom. The molecule has 3 aromatic carbocycles. The molecule has 5 heterocycles. The molecule has 15 N–H and O–H groups in total. The van der Waals surface area contributed by atoms with Crippen molar-refractivity contribution < 1.29 is 128 Å². The largest absolute Gasteiger partial charge is 0.508 e. The van der Waals surface area contributed by atoms with Crippen molar-refractivity contribution in [2.75, 3.05) is 19.8 Å². The molecular formula is C46H55O26+. The van der Waals surface area contributed by atoms with Crippen LogP contribution in [0.1, 0.15) is 17.3 Å². The standard InChI is InChI=1S/C46H54O26/c1-16-29(50)33(54)37(58)43(65-16)64-15-28-32(53)36(57)40(61)46(72-28)69-25-12-22-23(49)10-21(11-24(22)68-41(25)17-2-6-19(48)7-3-17)67-45-39(60)35(56)31(52)27(71-45)14-63-42(62)18-4-8-20(9-5-18)66-44-38(59)34(55)30(51)26(13-47)70-44/h2-12,16,26-40,43-47,50-61H,13-15H2,1H3,(H-,48,49)/p+1. The van der Waals surface area contributed by atoms with Crippen LogP contribution in [0.25, 0.3) is 22.3 Å². The maximum atomic E-state index is 13.0. The molecule has 20 atom stereocenters. The van der Waals surface area contributed by atoms with E-state index in [2.05, 4.69) is 0 Å². The molecule has 4 fully saturated rings. The predicted octanol–water partition coefficient (Wildman–Crippen LogP) is -3.96. The number of ether oxygens (including phenoxy) is 9. The molecule has 4 saturated heterocycles. The van der Waals surface area contributed by atoms with E-state index in [1.807, 2.05) is 0 Å². The van der Waals surface area contributed by atoms with E-state index in [0.717, 1.165) is 6.07 Å². The molecule has 26 heteroatoms. The third-order valence-corrected chi connectivity index (χ3v) is 12.6. The number of aliphatic hydroxyl groups is 13. The third-order valence-electron chi connectivity index (χ3n) is 12.6. The monoisotopic (exact) mass is 1020 g/mol. The molecule has 0 bridgehead atoms. The summed E-state index contributed by atoms with van der Waals surface area (Å²) in [4.78, 5) is 13.0. The van der Waals surface area contributed by atoms with Crippen LogP contribution in [0.5, 0.6) is 28.7 Å². The van der Waals surface area contributed by atoms with Gasteiger partial charge in [0.2, 0.25) is 24.6 Å². The number of carbonyl (C=O) groups is 1. The van der Waals surface area contributed by atoms with Crippen LogP contribution in [0.2, 0.25) is 0 Å². The summed E-state index contributed by atoms with van der Waals surface area (Å²) in [5.74, 6) is -2.11. The van der Waals surface area contributed by atoms with Gasteiger partial charge in [-0.25, -0.2) is 9.21 Å². The molecule has 1 aromatic heterocycles. The van der Waals surface area contributed by atoms with Gasteiger partial charge in [-0.05, 0) is 55.5 Å². The summed E-state index contributed by atoms with van der Waals surface area (Å²) in [6.07, 6.45) is -32.6. The SMILES string of the molecule is CC1OC(OCC2OC(Oc3cc4c(O)cc(OC5OC(COC(=O)c6ccc(OC7OC(CO)C(O)C(O)C7O)cc6)C(O)C(O)C5O)cc4[o+]c3-c3ccc(O)cc3)C(O)C(O)C2O)C(O)C(O)C1O. The van der Waals surface area contributed by atoms with E-state index >= 15 is 0 Å². The highest BCUT2D eigenvalue weighted by atomic mass is 16.7. The molecule has 0 amide bonds. The Kier molecular flexibility index (Phi) is 16.3. The van der Waals surface area contributed by atoms with E-state index in [9.17, 15) is 81.4 Å². The Hall–Kier alpha value is -5.18. The molecule has 20 unspecified atom stereocenters. The van der Waals surface area contributed by atoms with Crippen molar-refractivity contribution in [2.45, 2.75) is 130 Å². The van der Waals surface area contributed by atoms with E-state index in [1.54, 1.807) is 0 Å². The lowest BCUT2D eigenvalue weighted by Crippen LogP contribution is -2.61. The number of phenolic OH excluding ortho intramolecular Hbond substituents is 2. The van der Waals surface area contributed by atoms with Crippen molar-refractivity contribution in [3.05, 3.63) is 72.3 Å². The minimum Gasteiger partial charge on any atom is -0.508 e. The number of aliphatic hydroxyl groups excluding tert-OH is 13. The maximum absolute atomic E-state index is 13.0. The highest BCUT2D eigenvalue weighted by Gasteiger charge is 2.50. The van der Waals surface area contributed by atoms with E-state index in [1.165, 1.54) is 67.6 Å². The fourth-order valence-corrected chi connectivity index (χ4v) is 8.26. The average molecular weight is 1020 g/mol. The number of aromatic hydroxyl groups is 2. The van der Waals surface area contributed by atoms with E-state index in [-0.39, 0.29) is 50.9 Å². The number of benzene rings is 3. The van der Waals surface area contributed by atoms with Crippen molar-refractivity contribution in [3.8, 4) is 40.1 Å². The maximum Gasteiger partial charge on any atom is 0.402 e. The summed E-state index contributed by atoms with van der Waals surface area (Å²) in [5.41, 5.74) is 0.100. The summed E-state index contributed by atoms with van der Waals surface area (Å²) in [6, 6.07) is 14.2. The van der Waals surface area contributed by atoms with Crippen LogP contribution in [-0.4, -0.2) is 225 Å². The number of hydrogen-bond acceptors (Lipinski definition) is 25. The van der Waals surface area contributed by atoms with Crippen molar-refractivity contribution in [2.24, 2.45) is 0 Å². The Balaban J connectivity index is 0.958. The predicted molar refractivity (Wildman–Crippen MR) is 233 cm³/mol. The first-order valence-electron chi connectivity index (χ1n) is 22.5. The number of fused-ring (bicyclic) bond motifs is 1. The molecule has 26 nitrogen and oxygen atoms in total. The van der Waals surface area contributed by atoms with E-state index < -0.39 is 154 Å². The molecule has 0 aliphatic carbocycles. The van der Waals surface area contributed by atoms with E-state index in [0.29, 0.717) is 0 Å². The summed E-state index contributed by atoms with van der Waals surface area (Å²) in [7, 11) is 0. The second-order valence-electron chi connectivity index (χ2n) is 17.6. The third kappa shape index (κ3) is 11.0. The van der Waals surface area contributed by atoms with Gasteiger partial charge in [-0.3, -0.25) is 0 Å². The van der Waals surface area contributed by atoms with Gasteiger partial charge >= 0.3 is 17.3 Å². The van der Waals surface area contributed by atoms with Gasteiger partial charge < -0.3 is 119 Å². The molecule has 8 rings (SSSR count). The first kappa shape index (κ1) is 53.1. The summed E-state index contributed by atoms with van der Waals surface area (Å²) >= 11 is 0. The Labute approximate surface area is 406 Å². The van der Waals surface area contributed by atoms with Crippen molar-refractivity contribution in [3.63, 3.8) is 0 Å². The topological polar surface area (TPSA) is 415 Å². The molecule has 72 heavy (non-hydrogen) atoms. The summed E-state index contributed by atoms with van der Waals surface area (Å²) in [5, 5.41) is 157. The molecule has 0 radical (unpaired) electrons. The van der Waals surface area contributed by atoms with Crippen molar-refractivity contribution in [1.82, 2.24) is 0 Å². The van der Waals surface area contributed by atoms with Gasteiger partial charge in [0.25, 0.3) is 0 Å². The van der Waals surface area contributed by atoms with Crippen LogP contribution in [0, 0.1) is 0 Å². The zero-order valence-electron chi connectivity index (χ0n) is 37.7. The lowest BCUT2D eigenvalue weighted by Gasteiger charge is -2.42. The van der Waals surface area contributed by atoms with Gasteiger partial charge in [0.05, 0.1) is 36.5 Å². The molecule has 4 aliphatic heterocycles. The zero-order chi connectivity index (χ0) is 51.9. The van der Waals surface area contributed by atoms with Crippen LogP contribution in [0.3, 0.4) is 0 Å². The van der Waals surface area contributed by atoms with Crippen molar-refractivity contribution in [1.29, 1.82) is 0 Å². The van der Waals surface area contributed by atoms with Crippen LogP contribution in [-0.2, 0) is 28.4 Å². The number of esters is 1. The molecule has 4 aliphatic rings. The Morgan fingerprint density at radius 3 is 1.65 bits per heavy atom. The molecule has 4 aromatic rings. The van der Waals surface area contributed by atoms with Gasteiger partial charge in [-0.2, -0.15) is 0 Å². The van der Waals surface area contributed by atoms with Crippen LogP contribution < -0.4 is 14.2 Å². The van der Waals surface area contributed by atoms with Gasteiger partial charge in [0.1, 0.15) is 127 Å². The van der Waals surface area contributed by atoms with E-state index in [4.69, 9.17) is 47.0 Å².